The molecule has 0 aliphatic rings. The van der Waals surface area contributed by atoms with Crippen molar-refractivity contribution in [2.24, 2.45) is 0 Å². The normalized spacial score (nSPS) is 12.6. The highest BCUT2D eigenvalue weighted by molar-refractivity contribution is 8.01. The highest BCUT2D eigenvalue weighted by atomic mass is 35.5. The number of thioether (sulfide) groups is 1. The van der Waals surface area contributed by atoms with Crippen LogP contribution >= 0.6 is 23.4 Å². The van der Waals surface area contributed by atoms with Crippen molar-refractivity contribution in [2.45, 2.75) is 37.1 Å². The fraction of sp³-hybridized carbons (Fsp3) is 0.231. The summed E-state index contributed by atoms with van der Waals surface area (Å²) in [5, 5.41) is 5.70. The first kappa shape index (κ1) is 24.7. The average molecular weight is 483 g/mol. The van der Waals surface area contributed by atoms with Gasteiger partial charge >= 0.3 is 6.09 Å². The Morgan fingerprint density at radius 1 is 0.848 bits per heavy atom. The highest BCUT2D eigenvalue weighted by Gasteiger charge is 2.26. The predicted octanol–water partition coefficient (Wildman–Crippen LogP) is 5.94. The second kappa shape index (κ2) is 12.3. The van der Waals surface area contributed by atoms with E-state index < -0.39 is 17.5 Å². The summed E-state index contributed by atoms with van der Waals surface area (Å²) in [5.41, 5.74) is 2.68. The fourth-order valence-electron chi connectivity index (χ4n) is 3.18. The number of hydrogen-bond acceptors (Lipinski definition) is 4. The van der Waals surface area contributed by atoms with Gasteiger partial charge in [-0.15, -0.1) is 11.8 Å². The van der Waals surface area contributed by atoms with Gasteiger partial charge in [-0.2, -0.15) is 0 Å². The van der Waals surface area contributed by atoms with Crippen molar-refractivity contribution in [1.82, 2.24) is 10.6 Å². The third-order valence-electron chi connectivity index (χ3n) is 4.73. The van der Waals surface area contributed by atoms with Crippen molar-refractivity contribution in [3.63, 3.8) is 0 Å². The largest absolute Gasteiger partial charge is 0.445 e. The number of benzene rings is 3. The Balaban J connectivity index is 1.73. The number of halogens is 1. The van der Waals surface area contributed by atoms with Crippen LogP contribution in [-0.2, 0) is 16.1 Å². The third-order valence-corrected chi connectivity index (χ3v) is 6.13. The van der Waals surface area contributed by atoms with E-state index in [1.165, 1.54) is 11.8 Å². The van der Waals surface area contributed by atoms with E-state index in [0.29, 0.717) is 5.02 Å². The van der Waals surface area contributed by atoms with Crippen LogP contribution in [0.4, 0.5) is 4.79 Å². The number of carbonyl (C=O) groups is 2. The van der Waals surface area contributed by atoms with Gasteiger partial charge in [0.25, 0.3) is 5.91 Å². The first-order valence-corrected chi connectivity index (χ1v) is 12.0. The minimum atomic E-state index is -0.813. The third kappa shape index (κ3) is 7.84. The van der Waals surface area contributed by atoms with Crippen LogP contribution in [0.3, 0.4) is 0 Å². The molecule has 172 valence electrons. The second-order valence-electron chi connectivity index (χ2n) is 7.67. The number of carbonyl (C=O) groups excluding carboxylic acids is 2. The molecule has 3 aromatic carbocycles. The number of alkyl carbamates (subject to hydrolysis) is 1. The van der Waals surface area contributed by atoms with Gasteiger partial charge in [-0.05, 0) is 28.8 Å². The Labute approximate surface area is 203 Å². The van der Waals surface area contributed by atoms with Gasteiger partial charge in [-0.3, -0.25) is 4.79 Å². The highest BCUT2D eigenvalue weighted by Crippen LogP contribution is 2.25. The molecule has 3 aromatic rings. The van der Waals surface area contributed by atoms with Crippen LogP contribution in [0.1, 0.15) is 36.6 Å². The summed E-state index contributed by atoms with van der Waals surface area (Å²) < 4.78 is 5.32. The Morgan fingerprint density at radius 3 is 2.03 bits per heavy atom. The standard InChI is InChI=1S/C26H27ClN2O3S/c1-18(2)33-25(29-26(31)32-17-19-9-5-3-6-10-19)24(30)28-23(20-11-7-4-8-12-20)21-13-15-22(27)16-14-21/h3-16,18,23,25H,17H2,1-2H3,(H,28,30)(H,29,31). The molecule has 2 atom stereocenters. The van der Waals surface area contributed by atoms with Crippen LogP contribution in [0.15, 0.2) is 84.9 Å². The lowest BCUT2D eigenvalue weighted by Crippen LogP contribution is -2.46. The number of nitrogens with one attached hydrogen (secondary N) is 2. The molecule has 0 aromatic heterocycles. The molecule has 0 saturated carbocycles. The Kier molecular flexibility index (Phi) is 9.22. The van der Waals surface area contributed by atoms with Gasteiger partial charge in [0, 0.05) is 10.3 Å². The van der Waals surface area contributed by atoms with E-state index in [2.05, 4.69) is 10.6 Å². The van der Waals surface area contributed by atoms with Gasteiger partial charge in [0.1, 0.15) is 6.61 Å². The van der Waals surface area contributed by atoms with Crippen molar-refractivity contribution in [2.75, 3.05) is 0 Å². The van der Waals surface area contributed by atoms with Gasteiger partial charge in [-0.25, -0.2) is 4.79 Å². The molecular formula is C26H27ClN2O3S. The van der Waals surface area contributed by atoms with E-state index in [-0.39, 0.29) is 17.8 Å². The lowest BCUT2D eigenvalue weighted by molar-refractivity contribution is -0.121. The van der Waals surface area contributed by atoms with E-state index in [4.69, 9.17) is 16.3 Å². The Morgan fingerprint density at radius 2 is 1.42 bits per heavy atom. The predicted molar refractivity (Wildman–Crippen MR) is 134 cm³/mol. The van der Waals surface area contributed by atoms with E-state index in [9.17, 15) is 9.59 Å². The molecule has 5 nitrogen and oxygen atoms in total. The van der Waals surface area contributed by atoms with Gasteiger partial charge in [0.2, 0.25) is 0 Å². The molecule has 0 aliphatic heterocycles. The summed E-state index contributed by atoms with van der Waals surface area (Å²) in [6.07, 6.45) is -0.644. The maximum absolute atomic E-state index is 13.3. The van der Waals surface area contributed by atoms with Crippen LogP contribution in [0.25, 0.3) is 0 Å². The van der Waals surface area contributed by atoms with E-state index in [0.717, 1.165) is 16.7 Å². The summed E-state index contributed by atoms with van der Waals surface area (Å²) in [5.74, 6) is -0.311. The monoisotopic (exact) mass is 482 g/mol. The molecule has 33 heavy (non-hydrogen) atoms. The second-order valence-corrected chi connectivity index (χ2v) is 9.80. The molecule has 0 radical (unpaired) electrons. The van der Waals surface area contributed by atoms with Gasteiger partial charge in [-0.1, -0.05) is 98.2 Å². The first-order valence-electron chi connectivity index (χ1n) is 10.7. The van der Waals surface area contributed by atoms with Crippen molar-refractivity contribution >= 4 is 35.4 Å². The lowest BCUT2D eigenvalue weighted by Gasteiger charge is -2.25. The first-order chi connectivity index (χ1) is 15.9. The quantitative estimate of drug-likeness (QED) is 0.370. The molecule has 0 aliphatic carbocycles. The van der Waals surface area contributed by atoms with E-state index >= 15 is 0 Å². The SMILES string of the molecule is CC(C)SC(NC(=O)OCc1ccccc1)C(=O)NC(c1ccccc1)c1ccc(Cl)cc1. The molecule has 2 amide bonds. The van der Waals surface area contributed by atoms with Crippen LogP contribution in [0, 0.1) is 0 Å². The van der Waals surface area contributed by atoms with Crippen molar-refractivity contribution in [3.8, 4) is 0 Å². The summed E-state index contributed by atoms with van der Waals surface area (Å²) in [7, 11) is 0. The van der Waals surface area contributed by atoms with Gasteiger partial charge in [0.15, 0.2) is 5.37 Å². The maximum Gasteiger partial charge on any atom is 0.408 e. The molecule has 0 bridgehead atoms. The van der Waals surface area contributed by atoms with Gasteiger partial charge in [0.05, 0.1) is 6.04 Å². The fourth-order valence-corrected chi connectivity index (χ4v) is 4.21. The van der Waals surface area contributed by atoms with E-state index in [1.807, 2.05) is 86.6 Å². The molecule has 3 rings (SSSR count). The molecule has 0 fully saturated rings. The van der Waals surface area contributed by atoms with Crippen LogP contribution in [0.2, 0.25) is 5.02 Å². The zero-order valence-electron chi connectivity index (χ0n) is 18.5. The summed E-state index contributed by atoms with van der Waals surface area (Å²) >= 11 is 7.40. The van der Waals surface area contributed by atoms with Crippen LogP contribution in [0.5, 0.6) is 0 Å². The number of hydrogen-bond donors (Lipinski definition) is 2. The zero-order valence-corrected chi connectivity index (χ0v) is 20.1. The topological polar surface area (TPSA) is 67.4 Å². The molecule has 0 saturated heterocycles. The number of ether oxygens (including phenoxy) is 1. The number of rotatable bonds is 9. The minimum absolute atomic E-state index is 0.112. The van der Waals surface area contributed by atoms with E-state index in [1.54, 1.807) is 12.1 Å². The number of amides is 2. The van der Waals surface area contributed by atoms with Crippen LogP contribution in [-0.4, -0.2) is 22.6 Å². The summed E-state index contributed by atoms with van der Waals surface area (Å²) in [6.45, 7) is 4.07. The average Bonchev–Trinajstić information content (AvgIpc) is 2.82. The van der Waals surface area contributed by atoms with Crippen LogP contribution < -0.4 is 10.6 Å². The Bertz CT molecular complexity index is 1030. The Hall–Kier alpha value is -2.96. The molecule has 2 unspecified atom stereocenters. The molecule has 2 N–H and O–H groups in total. The molecular weight excluding hydrogens is 456 g/mol. The smallest absolute Gasteiger partial charge is 0.408 e. The van der Waals surface area contributed by atoms with Gasteiger partial charge < -0.3 is 15.4 Å². The lowest BCUT2D eigenvalue weighted by atomic mass is 9.98. The summed E-state index contributed by atoms with van der Waals surface area (Å²) in [6, 6.07) is 26.0. The molecule has 7 heteroatoms. The minimum Gasteiger partial charge on any atom is -0.445 e. The van der Waals surface area contributed by atoms with Crippen molar-refractivity contribution in [3.05, 3.63) is 107 Å². The summed E-state index contributed by atoms with van der Waals surface area (Å²) in [4.78, 5) is 25.7. The zero-order chi connectivity index (χ0) is 23.6. The van der Waals surface area contributed by atoms with Crippen molar-refractivity contribution in [1.29, 1.82) is 0 Å². The maximum atomic E-state index is 13.3. The van der Waals surface area contributed by atoms with Crippen molar-refractivity contribution < 1.29 is 14.3 Å². The molecule has 0 spiro atoms. The molecule has 0 heterocycles.